The Morgan fingerprint density at radius 1 is 0.435 bits per heavy atom. The molecular weight excluding hydrogens is 296 g/mol. The molecule has 0 aromatic heterocycles. The summed E-state index contributed by atoms with van der Waals surface area (Å²) in [5, 5.41) is 0. The molecule has 0 aromatic carbocycles. The van der Waals surface area contributed by atoms with E-state index in [0.29, 0.717) is 4.75 Å². The van der Waals surface area contributed by atoms with E-state index in [4.69, 9.17) is 12.6 Å². The van der Waals surface area contributed by atoms with Crippen LogP contribution in [-0.2, 0) is 0 Å². The molecule has 0 spiro atoms. The summed E-state index contributed by atoms with van der Waals surface area (Å²) in [4.78, 5) is 0. The Morgan fingerprint density at radius 3 is 1.13 bits per heavy atom. The second-order valence-corrected chi connectivity index (χ2v) is 8.67. The molecular formula is C22H46S. The summed E-state index contributed by atoms with van der Waals surface area (Å²) in [5.41, 5.74) is 0. The van der Waals surface area contributed by atoms with Gasteiger partial charge in [-0.2, -0.15) is 12.6 Å². The predicted octanol–water partition coefficient (Wildman–Crippen LogP) is 8.74. The first-order valence-corrected chi connectivity index (χ1v) is 11.4. The lowest BCUT2D eigenvalue weighted by atomic mass is 9.89. The summed E-state index contributed by atoms with van der Waals surface area (Å²) >= 11 is 5.09. The minimum absolute atomic E-state index is 0.339. The van der Waals surface area contributed by atoms with Crippen LogP contribution in [0.4, 0.5) is 0 Å². The number of thiol groups is 1. The Bertz CT molecular complexity index is 216. The zero-order valence-corrected chi connectivity index (χ0v) is 17.6. The maximum atomic E-state index is 5.09. The third-order valence-electron chi connectivity index (χ3n) is 5.24. The first-order valence-electron chi connectivity index (χ1n) is 10.9. The van der Waals surface area contributed by atoms with E-state index in [2.05, 4.69) is 20.8 Å². The number of unbranched alkanes of at least 4 members (excludes halogenated alkanes) is 12. The molecule has 23 heavy (non-hydrogen) atoms. The van der Waals surface area contributed by atoms with Crippen molar-refractivity contribution in [3.8, 4) is 0 Å². The first kappa shape index (κ1) is 23.4. The quantitative estimate of drug-likeness (QED) is 0.187. The van der Waals surface area contributed by atoms with E-state index in [1.807, 2.05) is 0 Å². The van der Waals surface area contributed by atoms with Gasteiger partial charge in [-0.3, -0.25) is 0 Å². The summed E-state index contributed by atoms with van der Waals surface area (Å²) in [5.74, 6) is 0. The Morgan fingerprint density at radius 2 is 0.739 bits per heavy atom. The normalized spacial score (nSPS) is 12.0. The molecule has 0 saturated carbocycles. The van der Waals surface area contributed by atoms with Gasteiger partial charge in [0.05, 0.1) is 0 Å². The van der Waals surface area contributed by atoms with Crippen LogP contribution in [0.2, 0.25) is 0 Å². The number of hydrogen-bond acceptors (Lipinski definition) is 1. The van der Waals surface area contributed by atoms with Gasteiger partial charge >= 0.3 is 0 Å². The van der Waals surface area contributed by atoms with Crippen LogP contribution in [0.5, 0.6) is 0 Å². The third-order valence-corrected chi connectivity index (χ3v) is 5.91. The fourth-order valence-corrected chi connectivity index (χ4v) is 3.98. The van der Waals surface area contributed by atoms with Crippen LogP contribution < -0.4 is 0 Å². The first-order chi connectivity index (χ1) is 11.2. The summed E-state index contributed by atoms with van der Waals surface area (Å²) in [7, 11) is 0. The van der Waals surface area contributed by atoms with Crippen molar-refractivity contribution >= 4 is 12.6 Å². The summed E-state index contributed by atoms with van der Waals surface area (Å²) in [6.07, 6.45) is 25.1. The molecule has 0 heterocycles. The Labute approximate surface area is 154 Å². The van der Waals surface area contributed by atoms with Gasteiger partial charge in [0.1, 0.15) is 0 Å². The summed E-state index contributed by atoms with van der Waals surface area (Å²) < 4.78 is 0.339. The minimum atomic E-state index is 0.339. The fourth-order valence-electron chi connectivity index (χ4n) is 3.50. The topological polar surface area (TPSA) is 0 Å². The van der Waals surface area contributed by atoms with Crippen molar-refractivity contribution in [1.82, 2.24) is 0 Å². The van der Waals surface area contributed by atoms with Crippen LogP contribution in [-0.4, -0.2) is 4.75 Å². The van der Waals surface area contributed by atoms with Crippen LogP contribution in [0.3, 0.4) is 0 Å². The van der Waals surface area contributed by atoms with Crippen molar-refractivity contribution < 1.29 is 0 Å². The molecule has 0 rings (SSSR count). The van der Waals surface area contributed by atoms with E-state index in [9.17, 15) is 0 Å². The van der Waals surface area contributed by atoms with E-state index >= 15 is 0 Å². The van der Waals surface area contributed by atoms with E-state index in [-0.39, 0.29) is 0 Å². The van der Waals surface area contributed by atoms with Crippen molar-refractivity contribution in [2.24, 2.45) is 0 Å². The van der Waals surface area contributed by atoms with Crippen LogP contribution in [0.25, 0.3) is 0 Å². The molecule has 1 heteroatoms. The van der Waals surface area contributed by atoms with Crippen molar-refractivity contribution in [2.45, 2.75) is 141 Å². The molecule has 140 valence electrons. The van der Waals surface area contributed by atoms with Crippen molar-refractivity contribution in [2.75, 3.05) is 0 Å². The van der Waals surface area contributed by atoms with Gasteiger partial charge in [-0.05, 0) is 19.3 Å². The third kappa shape index (κ3) is 15.6. The Hall–Kier alpha value is 0.350. The monoisotopic (exact) mass is 342 g/mol. The second-order valence-electron chi connectivity index (χ2n) is 7.72. The SMILES string of the molecule is CCCCCCCCCCCCCC(S)(CCCC)CCCC. The second kappa shape index (κ2) is 17.2. The predicted molar refractivity (Wildman–Crippen MR) is 112 cm³/mol. The summed E-state index contributed by atoms with van der Waals surface area (Å²) in [6.45, 7) is 6.90. The maximum absolute atomic E-state index is 5.09. The average Bonchev–Trinajstić information content (AvgIpc) is 2.56. The van der Waals surface area contributed by atoms with Crippen LogP contribution in [0, 0.1) is 0 Å². The highest BCUT2D eigenvalue weighted by Gasteiger charge is 2.23. The molecule has 0 atom stereocenters. The minimum Gasteiger partial charge on any atom is -0.173 e. The van der Waals surface area contributed by atoms with Crippen molar-refractivity contribution in [1.29, 1.82) is 0 Å². The molecule has 0 radical (unpaired) electrons. The van der Waals surface area contributed by atoms with Crippen molar-refractivity contribution in [3.05, 3.63) is 0 Å². The van der Waals surface area contributed by atoms with Gasteiger partial charge in [0.2, 0.25) is 0 Å². The lowest BCUT2D eigenvalue weighted by Crippen LogP contribution is -2.21. The van der Waals surface area contributed by atoms with Gasteiger partial charge in [-0.25, -0.2) is 0 Å². The van der Waals surface area contributed by atoms with E-state index in [0.717, 1.165) is 0 Å². The average molecular weight is 343 g/mol. The molecule has 0 bridgehead atoms. The highest BCUT2D eigenvalue weighted by atomic mass is 32.1. The molecule has 0 fully saturated rings. The molecule has 0 amide bonds. The van der Waals surface area contributed by atoms with Gasteiger partial charge in [-0.1, -0.05) is 117 Å². The Kier molecular flexibility index (Phi) is 17.4. The number of rotatable bonds is 18. The van der Waals surface area contributed by atoms with E-state index in [1.165, 1.54) is 116 Å². The van der Waals surface area contributed by atoms with E-state index in [1.54, 1.807) is 0 Å². The molecule has 0 unspecified atom stereocenters. The molecule has 0 saturated heterocycles. The molecule has 0 nitrogen and oxygen atoms in total. The molecule has 0 aliphatic heterocycles. The smallest absolute Gasteiger partial charge is 0.0130 e. The molecule has 0 aliphatic carbocycles. The van der Waals surface area contributed by atoms with Crippen LogP contribution in [0.15, 0.2) is 0 Å². The maximum Gasteiger partial charge on any atom is 0.0130 e. The number of hydrogen-bond donors (Lipinski definition) is 1. The lowest BCUT2D eigenvalue weighted by molar-refractivity contribution is 0.419. The molecule has 0 aromatic rings. The largest absolute Gasteiger partial charge is 0.173 e. The van der Waals surface area contributed by atoms with Gasteiger partial charge < -0.3 is 0 Å². The zero-order chi connectivity index (χ0) is 17.2. The van der Waals surface area contributed by atoms with E-state index < -0.39 is 0 Å². The van der Waals surface area contributed by atoms with Crippen LogP contribution >= 0.6 is 12.6 Å². The highest BCUT2D eigenvalue weighted by molar-refractivity contribution is 7.81. The zero-order valence-electron chi connectivity index (χ0n) is 16.7. The summed E-state index contributed by atoms with van der Waals surface area (Å²) in [6, 6.07) is 0. The molecule has 0 aliphatic rings. The van der Waals surface area contributed by atoms with Gasteiger partial charge in [0.25, 0.3) is 0 Å². The Balaban J connectivity index is 3.54. The highest BCUT2D eigenvalue weighted by Crippen LogP contribution is 2.34. The van der Waals surface area contributed by atoms with Crippen LogP contribution in [0.1, 0.15) is 136 Å². The van der Waals surface area contributed by atoms with Gasteiger partial charge in [0.15, 0.2) is 0 Å². The fraction of sp³-hybridized carbons (Fsp3) is 1.00. The molecule has 0 N–H and O–H groups in total. The van der Waals surface area contributed by atoms with Gasteiger partial charge in [-0.15, -0.1) is 0 Å². The lowest BCUT2D eigenvalue weighted by Gasteiger charge is -2.29. The van der Waals surface area contributed by atoms with Crippen molar-refractivity contribution in [3.63, 3.8) is 0 Å². The standard InChI is InChI=1S/C22H46S/c1-4-7-10-11-12-13-14-15-16-17-18-21-22(23,19-8-5-2)20-9-6-3/h23H,4-21H2,1-3H3. The van der Waals surface area contributed by atoms with Gasteiger partial charge in [0, 0.05) is 4.75 Å².